The monoisotopic (exact) mass is 424 g/mol. The Morgan fingerprint density at radius 2 is 1.77 bits per heavy atom. The summed E-state index contributed by atoms with van der Waals surface area (Å²) in [6, 6.07) is 12.6. The number of halogens is 1. The van der Waals surface area contributed by atoms with Crippen LogP contribution in [0.3, 0.4) is 0 Å². The lowest BCUT2D eigenvalue weighted by Gasteiger charge is -2.29. The van der Waals surface area contributed by atoms with Crippen LogP contribution in [0.1, 0.15) is 12.0 Å². The number of hydrogen-bond donors (Lipinski definition) is 3. The van der Waals surface area contributed by atoms with Gasteiger partial charge in [0.25, 0.3) is 0 Å². The highest BCUT2D eigenvalue weighted by Crippen LogP contribution is 2.53. The second-order valence-electron chi connectivity index (χ2n) is 7.72. The average molecular weight is 425 g/mol. The van der Waals surface area contributed by atoms with Gasteiger partial charge in [0, 0.05) is 28.7 Å². The van der Waals surface area contributed by atoms with E-state index in [4.69, 9.17) is 17.3 Å². The summed E-state index contributed by atoms with van der Waals surface area (Å²) in [5.41, 5.74) is 5.47. The van der Waals surface area contributed by atoms with Crippen molar-refractivity contribution in [3.63, 3.8) is 0 Å². The maximum absolute atomic E-state index is 13.6. The predicted octanol–water partition coefficient (Wildman–Crippen LogP) is 1.14. The number of anilines is 2. The molecule has 2 saturated heterocycles. The van der Waals surface area contributed by atoms with Crippen LogP contribution in [0, 0.1) is 11.8 Å². The lowest BCUT2D eigenvalue weighted by atomic mass is 9.76. The van der Waals surface area contributed by atoms with Crippen LogP contribution < -0.4 is 21.3 Å². The standard InChI is InChI=1S/C21H17ClN4O4/c22-10-5-7-11(8-6-10)26-18(28)16-14(9-15(23)27)25-21(17(16)19(26)29)12-3-1-2-4-13(12)24-20(21)30/h1-8,14,16-17,25H,9H2,(H2,23,27)(H,24,30)/t14-,16-,17-,21-/m0/s1. The van der Waals surface area contributed by atoms with Crippen LogP contribution in [-0.2, 0) is 24.7 Å². The number of primary amides is 1. The van der Waals surface area contributed by atoms with Gasteiger partial charge in [-0.1, -0.05) is 29.8 Å². The van der Waals surface area contributed by atoms with Crippen molar-refractivity contribution < 1.29 is 19.2 Å². The fraction of sp³-hybridized carbons (Fsp3) is 0.238. The number of fused-ring (bicyclic) bond motifs is 4. The summed E-state index contributed by atoms with van der Waals surface area (Å²) in [5.74, 6) is -3.94. The average Bonchev–Trinajstić information content (AvgIpc) is 3.27. The van der Waals surface area contributed by atoms with E-state index in [-0.39, 0.29) is 6.42 Å². The van der Waals surface area contributed by atoms with E-state index in [0.717, 1.165) is 4.90 Å². The van der Waals surface area contributed by atoms with E-state index in [1.807, 2.05) is 0 Å². The topological polar surface area (TPSA) is 122 Å². The minimum absolute atomic E-state index is 0.175. The van der Waals surface area contributed by atoms with Crippen molar-refractivity contribution in [3.05, 3.63) is 59.1 Å². The molecule has 3 aliphatic rings. The second kappa shape index (κ2) is 6.38. The highest BCUT2D eigenvalue weighted by atomic mass is 35.5. The van der Waals surface area contributed by atoms with Crippen molar-refractivity contribution in [2.75, 3.05) is 10.2 Å². The quantitative estimate of drug-likeness (QED) is 0.638. The number of rotatable bonds is 3. The number of imide groups is 1. The number of para-hydroxylation sites is 1. The maximum Gasteiger partial charge on any atom is 0.250 e. The van der Waals surface area contributed by atoms with Gasteiger partial charge >= 0.3 is 0 Å². The molecule has 9 heteroatoms. The summed E-state index contributed by atoms with van der Waals surface area (Å²) < 4.78 is 0. The summed E-state index contributed by atoms with van der Waals surface area (Å²) in [4.78, 5) is 52.9. The Morgan fingerprint density at radius 1 is 1.07 bits per heavy atom. The summed E-state index contributed by atoms with van der Waals surface area (Å²) in [5, 5.41) is 6.41. The van der Waals surface area contributed by atoms with Crippen molar-refractivity contribution in [2.45, 2.75) is 18.0 Å². The number of benzene rings is 2. The van der Waals surface area contributed by atoms with E-state index in [1.165, 1.54) is 0 Å². The van der Waals surface area contributed by atoms with Crippen LogP contribution in [0.15, 0.2) is 48.5 Å². The van der Waals surface area contributed by atoms with Crippen molar-refractivity contribution in [2.24, 2.45) is 17.6 Å². The molecule has 4 amide bonds. The molecular formula is C21H17ClN4O4. The molecule has 4 N–H and O–H groups in total. The molecule has 3 heterocycles. The SMILES string of the molecule is NC(=O)C[C@@H]1N[C@]2(C(=O)Nc3ccccc32)[C@@H]2C(=O)N(c3ccc(Cl)cc3)C(=O)[C@@H]12. The highest BCUT2D eigenvalue weighted by Gasteiger charge is 2.70. The number of nitrogens with zero attached hydrogens (tertiary/aromatic N) is 1. The Hall–Kier alpha value is -3.23. The molecule has 1 spiro atoms. The summed E-state index contributed by atoms with van der Waals surface area (Å²) in [7, 11) is 0. The smallest absolute Gasteiger partial charge is 0.250 e. The molecular weight excluding hydrogens is 408 g/mol. The fourth-order valence-electron chi connectivity index (χ4n) is 4.99. The van der Waals surface area contributed by atoms with Crippen LogP contribution in [0.25, 0.3) is 0 Å². The summed E-state index contributed by atoms with van der Waals surface area (Å²) >= 11 is 5.94. The van der Waals surface area contributed by atoms with Crippen LogP contribution in [0.4, 0.5) is 11.4 Å². The third-order valence-corrected chi connectivity index (χ3v) is 6.38. The van der Waals surface area contributed by atoms with E-state index in [0.29, 0.717) is 22.0 Å². The van der Waals surface area contributed by atoms with Gasteiger partial charge in [-0.25, -0.2) is 4.90 Å². The molecule has 0 radical (unpaired) electrons. The maximum atomic E-state index is 13.6. The zero-order valence-corrected chi connectivity index (χ0v) is 16.3. The number of nitrogens with two attached hydrogens (primary N) is 1. The molecule has 0 unspecified atom stereocenters. The lowest BCUT2D eigenvalue weighted by Crippen LogP contribution is -2.53. The first-order valence-electron chi connectivity index (χ1n) is 9.45. The largest absolute Gasteiger partial charge is 0.370 e. The Kier molecular flexibility index (Phi) is 4.00. The molecule has 0 bridgehead atoms. The zero-order chi connectivity index (χ0) is 21.2. The minimum atomic E-state index is -1.45. The van der Waals surface area contributed by atoms with E-state index in [9.17, 15) is 19.2 Å². The third-order valence-electron chi connectivity index (χ3n) is 6.13. The second-order valence-corrected chi connectivity index (χ2v) is 8.16. The molecule has 2 aromatic carbocycles. The van der Waals surface area contributed by atoms with Gasteiger partial charge in [-0.15, -0.1) is 0 Å². The normalized spacial score (nSPS) is 29.3. The molecule has 0 aliphatic carbocycles. The molecule has 0 aromatic heterocycles. The summed E-state index contributed by atoms with van der Waals surface area (Å²) in [6.07, 6.45) is -0.175. The number of hydrogen-bond acceptors (Lipinski definition) is 5. The van der Waals surface area contributed by atoms with Gasteiger partial charge in [-0.05, 0) is 30.3 Å². The van der Waals surface area contributed by atoms with Crippen molar-refractivity contribution in [1.82, 2.24) is 5.32 Å². The molecule has 2 fully saturated rings. The third kappa shape index (κ3) is 2.37. The zero-order valence-electron chi connectivity index (χ0n) is 15.6. The van der Waals surface area contributed by atoms with Gasteiger partial charge in [-0.3, -0.25) is 24.5 Å². The number of amides is 4. The Labute approximate surface area is 176 Å². The van der Waals surface area contributed by atoms with Crippen LogP contribution in [0.2, 0.25) is 5.02 Å². The van der Waals surface area contributed by atoms with E-state index in [1.54, 1.807) is 48.5 Å². The lowest BCUT2D eigenvalue weighted by molar-refractivity contribution is -0.130. The van der Waals surface area contributed by atoms with Crippen molar-refractivity contribution in [1.29, 1.82) is 0 Å². The highest BCUT2D eigenvalue weighted by molar-refractivity contribution is 6.31. The number of carbonyl (C=O) groups excluding carboxylic acids is 4. The fourth-order valence-corrected chi connectivity index (χ4v) is 5.12. The van der Waals surface area contributed by atoms with Crippen molar-refractivity contribution in [3.8, 4) is 0 Å². The minimum Gasteiger partial charge on any atom is -0.370 e. The molecule has 152 valence electrons. The van der Waals surface area contributed by atoms with Crippen LogP contribution in [-0.4, -0.2) is 29.7 Å². The first kappa shape index (κ1) is 18.8. The molecule has 3 aliphatic heterocycles. The van der Waals surface area contributed by atoms with Crippen LogP contribution in [0.5, 0.6) is 0 Å². The number of nitrogens with one attached hydrogen (secondary N) is 2. The van der Waals surface area contributed by atoms with Gasteiger partial charge in [-0.2, -0.15) is 0 Å². The van der Waals surface area contributed by atoms with Gasteiger partial charge in [0.15, 0.2) is 0 Å². The predicted molar refractivity (Wildman–Crippen MR) is 108 cm³/mol. The van der Waals surface area contributed by atoms with E-state index < -0.39 is 47.0 Å². The summed E-state index contributed by atoms with van der Waals surface area (Å²) in [6.45, 7) is 0. The van der Waals surface area contributed by atoms with E-state index >= 15 is 0 Å². The Balaban J connectivity index is 1.67. The number of carbonyl (C=O) groups is 4. The van der Waals surface area contributed by atoms with E-state index in [2.05, 4.69) is 10.6 Å². The molecule has 5 rings (SSSR count). The van der Waals surface area contributed by atoms with Crippen molar-refractivity contribution >= 4 is 46.6 Å². The van der Waals surface area contributed by atoms with Gasteiger partial charge in [0.1, 0.15) is 5.54 Å². The first-order chi connectivity index (χ1) is 14.3. The molecule has 8 nitrogen and oxygen atoms in total. The van der Waals surface area contributed by atoms with Gasteiger partial charge in [0.05, 0.1) is 17.5 Å². The molecule has 0 saturated carbocycles. The van der Waals surface area contributed by atoms with Gasteiger partial charge in [0.2, 0.25) is 23.6 Å². The Morgan fingerprint density at radius 3 is 2.47 bits per heavy atom. The molecule has 2 aromatic rings. The Bertz CT molecular complexity index is 1120. The molecule has 4 atom stereocenters. The van der Waals surface area contributed by atoms with Crippen LogP contribution >= 0.6 is 11.6 Å². The van der Waals surface area contributed by atoms with Gasteiger partial charge < -0.3 is 11.1 Å². The molecule has 30 heavy (non-hydrogen) atoms. The first-order valence-corrected chi connectivity index (χ1v) is 9.82.